The van der Waals surface area contributed by atoms with Gasteiger partial charge in [-0.15, -0.1) is 11.3 Å². The van der Waals surface area contributed by atoms with Crippen LogP contribution < -0.4 is 41.5 Å². The van der Waals surface area contributed by atoms with Crippen LogP contribution in [0, 0.1) is 12.3 Å². The lowest BCUT2D eigenvalue weighted by Gasteiger charge is -2.35. The molecule has 2 aliphatic rings. The number of likely N-dealkylation sites (tertiary alicyclic amines) is 1. The number of nitrogens with one attached hydrogen (secondary N) is 5. The van der Waals surface area contributed by atoms with Gasteiger partial charge in [0.15, 0.2) is 5.82 Å². The molecule has 0 radical (unpaired) electrons. The van der Waals surface area contributed by atoms with Gasteiger partial charge < -0.3 is 65.0 Å². The minimum absolute atomic E-state index is 0.00564. The van der Waals surface area contributed by atoms with Crippen molar-refractivity contribution in [1.29, 1.82) is 0 Å². The molecular weight excluding hydrogens is 1070 g/mol. The van der Waals surface area contributed by atoms with E-state index < -0.39 is 36.7 Å². The number of anilines is 5. The lowest BCUT2D eigenvalue weighted by atomic mass is 9.85. The first-order valence-electron chi connectivity index (χ1n) is 26.5. The average Bonchev–Trinajstić information content (AvgIpc) is 4.07. The molecule has 3 atom stereocenters. The van der Waals surface area contributed by atoms with Crippen LogP contribution in [0.2, 0.25) is 5.02 Å². The molecule has 4 heterocycles. The van der Waals surface area contributed by atoms with E-state index in [0.29, 0.717) is 52.4 Å². The van der Waals surface area contributed by atoms with E-state index in [0.717, 1.165) is 53.3 Å². The number of aryl methyl sites for hydroxylation is 1. The first kappa shape index (κ1) is 60.5. The number of methoxy groups -OCH3 is 1. The van der Waals surface area contributed by atoms with Gasteiger partial charge >= 0.3 is 0 Å². The Bertz CT molecular complexity index is 2910. The molecule has 5 aromatic rings. The van der Waals surface area contributed by atoms with Crippen LogP contribution in [-0.4, -0.2) is 153 Å². The van der Waals surface area contributed by atoms with Gasteiger partial charge in [-0.3, -0.25) is 19.2 Å². The molecule has 6 N–H and O–H groups in total. The number of carbonyl (C=O) groups excluding carboxylic acids is 4. The summed E-state index contributed by atoms with van der Waals surface area (Å²) in [7, 11) is -0.979. The van der Waals surface area contributed by atoms with Crippen LogP contribution in [0.3, 0.4) is 0 Å². The van der Waals surface area contributed by atoms with E-state index in [9.17, 15) is 28.8 Å². The quantitative estimate of drug-likeness (QED) is 0.0240. The number of amides is 4. The molecule has 2 saturated heterocycles. The lowest BCUT2D eigenvalue weighted by Crippen LogP contribution is -2.57. The van der Waals surface area contributed by atoms with Crippen molar-refractivity contribution in [2.24, 2.45) is 5.41 Å². The van der Waals surface area contributed by atoms with Gasteiger partial charge in [0.05, 0.1) is 86.5 Å². The zero-order valence-electron chi connectivity index (χ0n) is 46.0. The summed E-state index contributed by atoms with van der Waals surface area (Å²) in [6, 6.07) is 19.3. The molecule has 0 unspecified atom stereocenters. The molecule has 20 nitrogen and oxygen atoms in total. The van der Waals surface area contributed by atoms with Crippen LogP contribution in [0.5, 0.6) is 5.75 Å². The molecule has 7 rings (SSSR count). The van der Waals surface area contributed by atoms with Crippen molar-refractivity contribution in [2.45, 2.75) is 90.6 Å². The Morgan fingerprint density at radius 3 is 2.19 bits per heavy atom. The summed E-state index contributed by atoms with van der Waals surface area (Å²) in [5.41, 5.74) is 6.31. The number of halogens is 1. The average molecular weight is 1150 g/mol. The minimum Gasteiger partial charge on any atom is -0.494 e. The largest absolute Gasteiger partial charge is 0.494 e. The van der Waals surface area contributed by atoms with Crippen LogP contribution in [0.4, 0.5) is 28.8 Å². The predicted octanol–water partition coefficient (Wildman–Crippen LogP) is 7.03. The number of rotatable bonds is 26. The Kier molecular flexibility index (Phi) is 21.6. The number of para-hydroxylation sites is 1. The monoisotopic (exact) mass is 1140 g/mol. The third-order valence-electron chi connectivity index (χ3n) is 13.5. The van der Waals surface area contributed by atoms with Gasteiger partial charge in [-0.25, -0.2) is 9.97 Å². The number of carbonyl (C=O) groups is 4. The smallest absolute Gasteiger partial charge is 0.246 e. The summed E-state index contributed by atoms with van der Waals surface area (Å²) in [6.45, 7) is 14.1. The summed E-state index contributed by atoms with van der Waals surface area (Å²) in [5, 5.41) is 26.9. The molecule has 23 heteroatoms. The van der Waals surface area contributed by atoms with Crippen molar-refractivity contribution in [3.8, 4) is 16.2 Å². The van der Waals surface area contributed by atoms with Crippen molar-refractivity contribution in [3.05, 3.63) is 94.7 Å². The van der Waals surface area contributed by atoms with Crippen LogP contribution >= 0.6 is 30.1 Å². The van der Waals surface area contributed by atoms with Crippen LogP contribution in [-0.2, 0) is 44.5 Å². The Morgan fingerprint density at radius 1 is 0.873 bits per heavy atom. The molecule has 2 aromatic heterocycles. The highest BCUT2D eigenvalue weighted by atomic mass is 35.5. The van der Waals surface area contributed by atoms with Gasteiger partial charge in [0, 0.05) is 68.5 Å². The predicted molar refractivity (Wildman–Crippen MR) is 309 cm³/mol. The molecule has 426 valence electrons. The van der Waals surface area contributed by atoms with Gasteiger partial charge in [-0.2, -0.15) is 4.98 Å². The first-order chi connectivity index (χ1) is 37.8. The van der Waals surface area contributed by atoms with E-state index >= 15 is 0 Å². The number of aliphatic hydroxyl groups excluding tert-OH is 1. The Labute approximate surface area is 471 Å². The molecule has 0 spiro atoms. The van der Waals surface area contributed by atoms with E-state index in [1.54, 1.807) is 31.8 Å². The number of piperidine rings is 1. The fourth-order valence-electron chi connectivity index (χ4n) is 9.26. The maximum absolute atomic E-state index is 14.0. The van der Waals surface area contributed by atoms with Gasteiger partial charge in [-0.1, -0.05) is 68.8 Å². The summed E-state index contributed by atoms with van der Waals surface area (Å²) in [4.78, 5) is 71.3. The Hall–Kier alpha value is -6.19. The molecule has 3 aromatic carbocycles. The van der Waals surface area contributed by atoms with Crippen molar-refractivity contribution in [3.63, 3.8) is 0 Å². The highest BCUT2D eigenvalue weighted by Crippen LogP contribution is 2.39. The zero-order chi connectivity index (χ0) is 56.7. The molecule has 2 aliphatic heterocycles. The highest BCUT2D eigenvalue weighted by molar-refractivity contribution is 7.70. The van der Waals surface area contributed by atoms with Crippen molar-refractivity contribution in [1.82, 2.24) is 35.8 Å². The number of aliphatic hydroxyl groups is 1. The van der Waals surface area contributed by atoms with Crippen LogP contribution in [0.1, 0.15) is 64.1 Å². The second kappa shape index (κ2) is 28.3. The lowest BCUT2D eigenvalue weighted by molar-refractivity contribution is -0.144. The van der Waals surface area contributed by atoms with E-state index in [2.05, 4.69) is 46.4 Å². The van der Waals surface area contributed by atoms with Crippen LogP contribution in [0.15, 0.2) is 78.4 Å². The minimum atomic E-state index is -2.58. The molecule has 0 bridgehead atoms. The van der Waals surface area contributed by atoms with Gasteiger partial charge in [-0.05, 0) is 73.9 Å². The van der Waals surface area contributed by atoms with Gasteiger partial charge in [0.2, 0.25) is 29.6 Å². The number of aromatic nitrogens is 3. The number of hydrogen-bond donors (Lipinski definition) is 6. The topological polar surface area (TPSA) is 248 Å². The third-order valence-corrected chi connectivity index (χ3v) is 16.3. The number of thiazole rings is 1. The number of β-amino-alcohol motifs (C(OH)–C–C–N with tert-alkyl or cyclic N) is 1. The van der Waals surface area contributed by atoms with Crippen molar-refractivity contribution < 1.29 is 47.8 Å². The maximum atomic E-state index is 14.0. The van der Waals surface area contributed by atoms with Crippen LogP contribution in [0.25, 0.3) is 10.4 Å². The summed E-state index contributed by atoms with van der Waals surface area (Å²) in [6.07, 6.45) is 2.49. The number of nitrogens with zero attached hydrogens (tertiary/aromatic N) is 5. The zero-order valence-corrected chi connectivity index (χ0v) is 48.5. The second-order valence-corrected chi connectivity index (χ2v) is 25.4. The van der Waals surface area contributed by atoms with E-state index in [1.165, 1.54) is 11.1 Å². The highest BCUT2D eigenvalue weighted by Gasteiger charge is 2.44. The van der Waals surface area contributed by atoms with E-state index in [4.69, 9.17) is 30.5 Å². The summed E-state index contributed by atoms with van der Waals surface area (Å²) < 4.78 is 35.5. The molecule has 79 heavy (non-hydrogen) atoms. The van der Waals surface area contributed by atoms with E-state index in [-0.39, 0.29) is 82.5 Å². The first-order valence-corrected chi connectivity index (χ1v) is 30.3. The number of benzene rings is 3. The third kappa shape index (κ3) is 17.4. The van der Waals surface area contributed by atoms with Gasteiger partial charge in [0.1, 0.15) is 30.0 Å². The maximum Gasteiger partial charge on any atom is 0.246 e. The van der Waals surface area contributed by atoms with Crippen molar-refractivity contribution >= 4 is 87.8 Å². The molecule has 2 fully saturated rings. The Morgan fingerprint density at radius 2 is 1.54 bits per heavy atom. The summed E-state index contributed by atoms with van der Waals surface area (Å²) >= 11 is 8.04. The number of ether oxygens (including phenoxy) is 4. The molecule has 0 saturated carbocycles. The molecular formula is C56H74ClN10O10PS. The fourth-order valence-corrected chi connectivity index (χ4v) is 11.4. The number of hydrogen-bond acceptors (Lipinski definition) is 17. The standard InChI is InChI=1S/C56H74ClN10O10PS/c1-36-50(79-35-60-36)38-14-12-37(13-15-38)32-58-53(71)45-31-41(68)34-67(45)54(72)51(56(2,3)4)64-49(70)21-25-76-27-29-77-28-26-75-24-20-48(69)61-39-18-22-66(23-19-39)40-16-17-43(46(30-40)74-5)63-55-59-33-42(57)52(65-55)62-44-10-8-9-11-47(44)78(6,7)73/h8-17,30,33,35,39,41,45,51,68H,18-29,31-32,34H2,1-7H3,(H,58,71)(H,61,69)(H,64,70)(H2,59,62,63,65)/t41-,45+,51-/m1/s1. The second-order valence-electron chi connectivity index (χ2n) is 21.0. The summed E-state index contributed by atoms with van der Waals surface area (Å²) in [5.74, 6) is -0.00370. The van der Waals surface area contributed by atoms with E-state index in [1.807, 2.05) is 99.9 Å². The molecule has 0 aliphatic carbocycles. The normalized spacial score (nSPS) is 16.3. The SMILES string of the molecule is COc1cc(N2CCC(NC(=O)CCOCCOCCOCCC(=O)N[C@H](C(=O)N3C[C@H](O)C[C@H]3C(=O)NCc3ccc(-c4scnc4C)cc3)C(C)(C)C)CC2)ccc1Nc1ncc(Cl)c(Nc2ccccc2P(C)(C)=O)n1. The van der Waals surface area contributed by atoms with Crippen molar-refractivity contribution in [2.75, 3.05) is 95.2 Å². The molecule has 4 amide bonds. The fraction of sp³-hybridized carbons (Fsp3) is 0.482. The van der Waals surface area contributed by atoms with Gasteiger partial charge in [0.25, 0.3) is 0 Å². The Balaban J connectivity index is 0.735.